The summed E-state index contributed by atoms with van der Waals surface area (Å²) in [7, 11) is 0. The average Bonchev–Trinajstić information content (AvgIpc) is 3.26. The molecule has 4 nitrogen and oxygen atoms in total. The second-order valence-electron chi connectivity index (χ2n) is 5.36. The third-order valence-electron chi connectivity index (χ3n) is 3.59. The van der Waals surface area contributed by atoms with E-state index in [1.165, 1.54) is 24.3 Å². The Morgan fingerprint density at radius 3 is 2.27 bits per heavy atom. The number of carbonyl (C=O) groups excluding carboxylic acids is 1. The van der Waals surface area contributed by atoms with E-state index in [1.807, 2.05) is 0 Å². The molecular formula is C15H16F3NO3. The molecule has 22 heavy (non-hydrogen) atoms. The minimum absolute atomic E-state index is 0.00872. The van der Waals surface area contributed by atoms with Crippen LogP contribution in [0.1, 0.15) is 30.7 Å². The van der Waals surface area contributed by atoms with E-state index in [4.69, 9.17) is 5.11 Å². The SMILES string of the molecule is O=C(O)CN(C(=O)CC(c1ccccc1)C(F)(F)F)C1CC1. The van der Waals surface area contributed by atoms with Crippen LogP contribution in [0.4, 0.5) is 13.2 Å². The smallest absolute Gasteiger partial charge is 0.396 e. The van der Waals surface area contributed by atoms with Crippen LogP contribution in [0.3, 0.4) is 0 Å². The molecule has 1 aliphatic rings. The van der Waals surface area contributed by atoms with E-state index >= 15 is 0 Å². The summed E-state index contributed by atoms with van der Waals surface area (Å²) in [4.78, 5) is 24.0. The molecule has 1 amide bonds. The van der Waals surface area contributed by atoms with Gasteiger partial charge in [0.15, 0.2) is 0 Å². The first-order valence-electron chi connectivity index (χ1n) is 6.92. The van der Waals surface area contributed by atoms with Gasteiger partial charge >= 0.3 is 12.1 Å². The molecule has 0 radical (unpaired) electrons. The van der Waals surface area contributed by atoms with Gasteiger partial charge in [0.25, 0.3) is 0 Å². The van der Waals surface area contributed by atoms with Crippen molar-refractivity contribution in [2.45, 2.75) is 37.4 Å². The van der Waals surface area contributed by atoms with E-state index < -0.39 is 36.9 Å². The van der Waals surface area contributed by atoms with Gasteiger partial charge in [-0.05, 0) is 18.4 Å². The van der Waals surface area contributed by atoms with E-state index in [-0.39, 0.29) is 11.6 Å². The molecule has 1 fully saturated rings. The number of aliphatic carboxylic acids is 1. The van der Waals surface area contributed by atoms with Crippen LogP contribution in [0.2, 0.25) is 0 Å². The minimum Gasteiger partial charge on any atom is -0.480 e. The van der Waals surface area contributed by atoms with Crippen molar-refractivity contribution < 1.29 is 27.9 Å². The molecule has 0 bridgehead atoms. The van der Waals surface area contributed by atoms with Gasteiger partial charge in [-0.3, -0.25) is 9.59 Å². The molecule has 1 saturated carbocycles. The summed E-state index contributed by atoms with van der Waals surface area (Å²) in [5.74, 6) is -3.91. The fourth-order valence-corrected chi connectivity index (χ4v) is 2.35. The van der Waals surface area contributed by atoms with E-state index in [0.717, 1.165) is 4.90 Å². The molecule has 0 aromatic heterocycles. The fourth-order valence-electron chi connectivity index (χ4n) is 2.35. The van der Waals surface area contributed by atoms with Crippen LogP contribution in [-0.2, 0) is 9.59 Å². The number of nitrogens with zero attached hydrogens (tertiary/aromatic N) is 1. The summed E-state index contributed by atoms with van der Waals surface area (Å²) in [5, 5.41) is 8.80. The first kappa shape index (κ1) is 16.3. The number of carbonyl (C=O) groups is 2. The Morgan fingerprint density at radius 2 is 1.82 bits per heavy atom. The molecule has 1 unspecified atom stereocenters. The van der Waals surface area contributed by atoms with Gasteiger partial charge < -0.3 is 10.0 Å². The van der Waals surface area contributed by atoms with E-state index in [2.05, 4.69) is 0 Å². The summed E-state index contributed by atoms with van der Waals surface area (Å²) >= 11 is 0. The zero-order valence-corrected chi connectivity index (χ0v) is 11.7. The molecule has 2 rings (SSSR count). The maximum atomic E-state index is 13.2. The van der Waals surface area contributed by atoms with Crippen LogP contribution in [0.15, 0.2) is 30.3 Å². The van der Waals surface area contributed by atoms with Gasteiger partial charge in [-0.15, -0.1) is 0 Å². The Kier molecular flexibility index (Phi) is 4.73. The van der Waals surface area contributed by atoms with Crippen molar-refractivity contribution in [1.82, 2.24) is 4.90 Å². The summed E-state index contributed by atoms with van der Waals surface area (Å²) in [6, 6.07) is 6.96. The lowest BCUT2D eigenvalue weighted by Crippen LogP contribution is -2.39. The van der Waals surface area contributed by atoms with Crippen LogP contribution >= 0.6 is 0 Å². The lowest BCUT2D eigenvalue weighted by Gasteiger charge is -2.25. The number of benzene rings is 1. The highest BCUT2D eigenvalue weighted by Crippen LogP contribution is 2.38. The summed E-state index contributed by atoms with van der Waals surface area (Å²) in [5.41, 5.74) is 0.00872. The number of hydrogen-bond acceptors (Lipinski definition) is 2. The predicted molar refractivity (Wildman–Crippen MR) is 72.2 cm³/mol. The van der Waals surface area contributed by atoms with Crippen LogP contribution in [0.25, 0.3) is 0 Å². The zero-order chi connectivity index (χ0) is 16.3. The maximum Gasteiger partial charge on any atom is 0.396 e. The standard InChI is InChI=1S/C15H16F3NO3/c16-15(17,18)12(10-4-2-1-3-5-10)8-13(20)19(9-14(21)22)11-6-7-11/h1-5,11-12H,6-9H2,(H,21,22). The monoisotopic (exact) mass is 315 g/mol. The van der Waals surface area contributed by atoms with Crippen LogP contribution in [0.5, 0.6) is 0 Å². The van der Waals surface area contributed by atoms with Crippen LogP contribution in [0, 0.1) is 0 Å². The van der Waals surface area contributed by atoms with Crippen LogP contribution < -0.4 is 0 Å². The molecule has 1 aliphatic carbocycles. The molecule has 0 spiro atoms. The molecule has 120 valence electrons. The van der Waals surface area contributed by atoms with Crippen molar-refractivity contribution in [3.63, 3.8) is 0 Å². The van der Waals surface area contributed by atoms with Crippen molar-refractivity contribution in [1.29, 1.82) is 0 Å². The quantitative estimate of drug-likeness (QED) is 0.878. The highest BCUT2D eigenvalue weighted by molar-refractivity contribution is 5.82. The lowest BCUT2D eigenvalue weighted by atomic mass is 9.94. The first-order chi connectivity index (χ1) is 10.3. The lowest BCUT2D eigenvalue weighted by molar-refractivity contribution is -0.162. The molecule has 0 saturated heterocycles. The van der Waals surface area contributed by atoms with Gasteiger partial charge in [0.1, 0.15) is 6.54 Å². The predicted octanol–water partition coefficient (Wildman–Crippen LogP) is 2.80. The molecule has 0 aliphatic heterocycles. The van der Waals surface area contributed by atoms with Gasteiger partial charge in [-0.1, -0.05) is 30.3 Å². The molecule has 7 heteroatoms. The van der Waals surface area contributed by atoms with Gasteiger partial charge in [0, 0.05) is 12.5 Å². The number of alkyl halides is 3. The molecule has 1 atom stereocenters. The molecule has 1 N–H and O–H groups in total. The summed E-state index contributed by atoms with van der Waals surface area (Å²) in [6.45, 7) is -0.553. The Hall–Kier alpha value is -2.05. The van der Waals surface area contributed by atoms with Gasteiger partial charge in [0.05, 0.1) is 5.92 Å². The Labute approximate surface area is 125 Å². The molecule has 1 aromatic rings. The Bertz CT molecular complexity index is 541. The van der Waals surface area contributed by atoms with Gasteiger partial charge in [0.2, 0.25) is 5.91 Å². The Morgan fingerprint density at radius 1 is 1.23 bits per heavy atom. The number of amides is 1. The Balaban J connectivity index is 2.16. The highest BCUT2D eigenvalue weighted by Gasteiger charge is 2.44. The topological polar surface area (TPSA) is 57.6 Å². The van der Waals surface area contributed by atoms with E-state index in [0.29, 0.717) is 12.8 Å². The van der Waals surface area contributed by atoms with Crippen molar-refractivity contribution in [2.24, 2.45) is 0 Å². The van der Waals surface area contributed by atoms with Crippen LogP contribution in [-0.4, -0.2) is 40.6 Å². The largest absolute Gasteiger partial charge is 0.480 e. The normalized spacial score (nSPS) is 16.1. The molecular weight excluding hydrogens is 299 g/mol. The average molecular weight is 315 g/mol. The number of rotatable bonds is 6. The number of halogens is 3. The highest BCUT2D eigenvalue weighted by atomic mass is 19.4. The third-order valence-corrected chi connectivity index (χ3v) is 3.59. The second-order valence-corrected chi connectivity index (χ2v) is 5.36. The van der Waals surface area contributed by atoms with Crippen molar-refractivity contribution in [2.75, 3.05) is 6.54 Å². The van der Waals surface area contributed by atoms with E-state index in [1.54, 1.807) is 6.07 Å². The number of carboxylic acid groups (broad SMARTS) is 1. The second kappa shape index (κ2) is 6.37. The van der Waals surface area contributed by atoms with Gasteiger partial charge in [-0.25, -0.2) is 0 Å². The van der Waals surface area contributed by atoms with Crippen molar-refractivity contribution in [3.8, 4) is 0 Å². The van der Waals surface area contributed by atoms with Crippen molar-refractivity contribution >= 4 is 11.9 Å². The third kappa shape index (κ3) is 4.22. The number of carboxylic acids is 1. The first-order valence-corrected chi connectivity index (χ1v) is 6.92. The fraction of sp³-hybridized carbons (Fsp3) is 0.467. The summed E-state index contributed by atoms with van der Waals surface area (Å²) in [6.07, 6.45) is -4.05. The van der Waals surface area contributed by atoms with Crippen molar-refractivity contribution in [3.05, 3.63) is 35.9 Å². The summed E-state index contributed by atoms with van der Waals surface area (Å²) < 4.78 is 39.7. The van der Waals surface area contributed by atoms with Gasteiger partial charge in [-0.2, -0.15) is 13.2 Å². The number of hydrogen-bond donors (Lipinski definition) is 1. The molecule has 1 aromatic carbocycles. The minimum atomic E-state index is -4.56. The van der Waals surface area contributed by atoms with E-state index in [9.17, 15) is 22.8 Å². The zero-order valence-electron chi connectivity index (χ0n) is 11.7. The maximum absolute atomic E-state index is 13.2. The molecule has 0 heterocycles.